The number of hydrogen-bond acceptors (Lipinski definition) is 4. The van der Waals surface area contributed by atoms with Crippen molar-refractivity contribution in [2.24, 2.45) is 0 Å². The summed E-state index contributed by atoms with van der Waals surface area (Å²) in [6.07, 6.45) is -0.0744. The van der Waals surface area contributed by atoms with Crippen LogP contribution in [0.3, 0.4) is 0 Å². The van der Waals surface area contributed by atoms with E-state index in [0.29, 0.717) is 16.1 Å². The van der Waals surface area contributed by atoms with Gasteiger partial charge in [-0.15, -0.1) is 0 Å². The van der Waals surface area contributed by atoms with Crippen molar-refractivity contribution < 1.29 is 19.1 Å². The van der Waals surface area contributed by atoms with Gasteiger partial charge in [0, 0.05) is 5.02 Å². The molecule has 0 saturated carbocycles. The largest absolute Gasteiger partial charge is 0.479 e. The molecule has 0 aliphatic heterocycles. The second-order valence-electron chi connectivity index (χ2n) is 2.77. The summed E-state index contributed by atoms with van der Waals surface area (Å²) in [5.74, 6) is -1.09. The van der Waals surface area contributed by atoms with Gasteiger partial charge in [0.2, 0.25) is 0 Å². The Kier molecular flexibility index (Phi) is 2.47. The minimum atomic E-state index is -1.09. The molecule has 0 spiro atoms. The summed E-state index contributed by atoms with van der Waals surface area (Å²) in [7, 11) is 0. The molecule has 0 aliphatic carbocycles. The Balaban J connectivity index is 2.27. The number of aromatic nitrogens is 1. The zero-order valence-electron chi connectivity index (χ0n) is 7.44. The van der Waals surface area contributed by atoms with E-state index in [-0.39, 0.29) is 6.08 Å². The first kappa shape index (κ1) is 9.79. The number of carbonyl (C=O) groups is 1. The average molecular weight is 228 g/mol. The topological polar surface area (TPSA) is 72.6 Å². The smallest absolute Gasteiger partial charge is 0.395 e. The van der Waals surface area contributed by atoms with Crippen molar-refractivity contribution in [1.29, 1.82) is 0 Å². The molecule has 15 heavy (non-hydrogen) atoms. The fraction of sp³-hybridized carbons (Fsp3) is 0.111. The van der Waals surface area contributed by atoms with E-state index in [4.69, 9.17) is 25.9 Å². The maximum absolute atomic E-state index is 10.2. The summed E-state index contributed by atoms with van der Waals surface area (Å²) in [6.45, 7) is -0.486. The van der Waals surface area contributed by atoms with E-state index >= 15 is 0 Å². The van der Waals surface area contributed by atoms with Crippen molar-refractivity contribution in [3.63, 3.8) is 0 Å². The van der Waals surface area contributed by atoms with Crippen molar-refractivity contribution in [2.75, 3.05) is 6.61 Å². The Morgan fingerprint density at radius 1 is 1.60 bits per heavy atom. The molecule has 0 atom stereocenters. The summed E-state index contributed by atoms with van der Waals surface area (Å²) < 4.78 is 9.89. The lowest BCUT2D eigenvalue weighted by Crippen LogP contribution is -2.09. The minimum Gasteiger partial charge on any atom is -0.479 e. The van der Waals surface area contributed by atoms with Gasteiger partial charge in [0.1, 0.15) is 5.52 Å². The Labute approximate surface area is 89.2 Å². The second kappa shape index (κ2) is 3.78. The van der Waals surface area contributed by atoms with E-state index in [9.17, 15) is 4.79 Å². The number of hydrogen-bond donors (Lipinski definition) is 1. The van der Waals surface area contributed by atoms with Crippen LogP contribution in [0, 0.1) is 0 Å². The van der Waals surface area contributed by atoms with Gasteiger partial charge < -0.3 is 14.3 Å². The van der Waals surface area contributed by atoms with Gasteiger partial charge in [-0.1, -0.05) is 11.6 Å². The number of benzene rings is 1. The molecule has 1 heterocycles. The second-order valence-corrected chi connectivity index (χ2v) is 3.21. The molecule has 78 valence electrons. The van der Waals surface area contributed by atoms with Crippen LogP contribution in [0.4, 0.5) is 0 Å². The zero-order valence-corrected chi connectivity index (χ0v) is 8.19. The van der Waals surface area contributed by atoms with E-state index in [1.165, 1.54) is 0 Å². The maximum atomic E-state index is 10.2. The Bertz CT molecular complexity index is 508. The quantitative estimate of drug-likeness (QED) is 0.868. The number of oxazole rings is 1. The van der Waals surface area contributed by atoms with Crippen molar-refractivity contribution in [3.05, 3.63) is 23.2 Å². The SMILES string of the molecule is O=C(O)COc1nc2cc(Cl)ccc2o1. The Morgan fingerprint density at radius 2 is 2.40 bits per heavy atom. The van der Waals surface area contributed by atoms with Crippen LogP contribution in [0.25, 0.3) is 11.1 Å². The first-order valence-electron chi connectivity index (χ1n) is 4.06. The van der Waals surface area contributed by atoms with Crippen LogP contribution in [0.15, 0.2) is 22.6 Å². The van der Waals surface area contributed by atoms with E-state index < -0.39 is 12.6 Å². The molecule has 0 bridgehead atoms. The molecule has 1 aromatic heterocycles. The third kappa shape index (κ3) is 2.19. The molecule has 1 N–H and O–H groups in total. The van der Waals surface area contributed by atoms with E-state index in [1.807, 2.05) is 0 Å². The van der Waals surface area contributed by atoms with Crippen molar-refractivity contribution in [3.8, 4) is 6.08 Å². The number of nitrogens with zero attached hydrogens (tertiary/aromatic N) is 1. The first-order chi connectivity index (χ1) is 7.15. The maximum Gasteiger partial charge on any atom is 0.395 e. The van der Waals surface area contributed by atoms with Crippen LogP contribution in [0.5, 0.6) is 6.08 Å². The molecule has 2 rings (SSSR count). The minimum absolute atomic E-state index is 0.0744. The summed E-state index contributed by atoms with van der Waals surface area (Å²) in [6, 6.07) is 4.89. The van der Waals surface area contributed by atoms with E-state index in [2.05, 4.69) is 4.98 Å². The Hall–Kier alpha value is -1.75. The number of carboxylic acid groups (broad SMARTS) is 1. The molecule has 0 fully saturated rings. The lowest BCUT2D eigenvalue weighted by Gasteiger charge is -1.93. The normalized spacial score (nSPS) is 10.5. The first-order valence-corrected chi connectivity index (χ1v) is 4.43. The summed E-state index contributed by atoms with van der Waals surface area (Å²) in [5.41, 5.74) is 1.03. The van der Waals surface area contributed by atoms with Crippen LogP contribution in [-0.2, 0) is 4.79 Å². The molecule has 5 nitrogen and oxygen atoms in total. The molecular weight excluding hydrogens is 222 g/mol. The molecule has 6 heteroatoms. The molecule has 0 radical (unpaired) electrons. The van der Waals surface area contributed by atoms with E-state index in [1.54, 1.807) is 18.2 Å². The van der Waals surface area contributed by atoms with Crippen molar-refractivity contribution in [1.82, 2.24) is 4.98 Å². The lowest BCUT2D eigenvalue weighted by molar-refractivity contribution is -0.139. The molecular formula is C9H6ClNO4. The fourth-order valence-electron chi connectivity index (χ4n) is 1.06. The number of fused-ring (bicyclic) bond motifs is 1. The van der Waals surface area contributed by atoms with Gasteiger partial charge in [-0.05, 0) is 18.2 Å². The van der Waals surface area contributed by atoms with Gasteiger partial charge in [-0.25, -0.2) is 4.79 Å². The predicted octanol–water partition coefficient (Wildman–Crippen LogP) is 1.94. The van der Waals surface area contributed by atoms with Gasteiger partial charge in [-0.3, -0.25) is 0 Å². The van der Waals surface area contributed by atoms with Gasteiger partial charge in [0.15, 0.2) is 12.2 Å². The van der Waals surface area contributed by atoms with Crippen LogP contribution < -0.4 is 4.74 Å². The van der Waals surface area contributed by atoms with Gasteiger partial charge in [0.05, 0.1) is 0 Å². The van der Waals surface area contributed by atoms with Crippen LogP contribution in [-0.4, -0.2) is 22.7 Å². The lowest BCUT2D eigenvalue weighted by atomic mass is 10.3. The fourth-order valence-corrected chi connectivity index (χ4v) is 1.23. The molecule has 2 aromatic rings. The standard InChI is InChI=1S/C9H6ClNO4/c10-5-1-2-7-6(3-5)11-9(15-7)14-4-8(12)13/h1-3H,4H2,(H,12,13). The molecule has 0 saturated heterocycles. The van der Waals surface area contributed by atoms with Crippen LogP contribution in [0.1, 0.15) is 0 Å². The van der Waals surface area contributed by atoms with Gasteiger partial charge >= 0.3 is 12.0 Å². The number of ether oxygens (including phenoxy) is 1. The number of halogens is 1. The van der Waals surface area contributed by atoms with E-state index in [0.717, 1.165) is 0 Å². The summed E-state index contributed by atoms with van der Waals surface area (Å²) >= 11 is 5.74. The number of carboxylic acids is 1. The van der Waals surface area contributed by atoms with Crippen LogP contribution in [0.2, 0.25) is 5.02 Å². The predicted molar refractivity (Wildman–Crippen MR) is 52.1 cm³/mol. The molecule has 0 aliphatic rings. The molecule has 1 aromatic carbocycles. The van der Waals surface area contributed by atoms with Gasteiger partial charge in [-0.2, -0.15) is 4.98 Å². The highest BCUT2D eigenvalue weighted by Crippen LogP contribution is 2.23. The summed E-state index contributed by atoms with van der Waals surface area (Å²) in [5, 5.41) is 8.91. The van der Waals surface area contributed by atoms with Gasteiger partial charge in [0.25, 0.3) is 0 Å². The highest BCUT2D eigenvalue weighted by molar-refractivity contribution is 6.31. The average Bonchev–Trinajstić information content (AvgIpc) is 2.56. The zero-order chi connectivity index (χ0) is 10.8. The highest BCUT2D eigenvalue weighted by Gasteiger charge is 2.08. The molecule has 0 unspecified atom stereocenters. The third-order valence-corrected chi connectivity index (χ3v) is 1.88. The van der Waals surface area contributed by atoms with Crippen molar-refractivity contribution >= 4 is 28.7 Å². The monoisotopic (exact) mass is 227 g/mol. The Morgan fingerprint density at radius 3 is 3.13 bits per heavy atom. The number of aliphatic carboxylic acids is 1. The highest BCUT2D eigenvalue weighted by atomic mass is 35.5. The van der Waals surface area contributed by atoms with Crippen LogP contribution >= 0.6 is 11.6 Å². The van der Waals surface area contributed by atoms with Crippen molar-refractivity contribution in [2.45, 2.75) is 0 Å². The third-order valence-electron chi connectivity index (χ3n) is 1.65. The molecule has 0 amide bonds. The summed E-state index contributed by atoms with van der Waals surface area (Å²) in [4.78, 5) is 14.1. The number of rotatable bonds is 3.